The van der Waals surface area contributed by atoms with Crippen LogP contribution in [0.1, 0.15) is 16.4 Å². The zero-order valence-electron chi connectivity index (χ0n) is 10.0. The topological polar surface area (TPSA) is 60.2 Å². The van der Waals surface area contributed by atoms with Gasteiger partial charge in [0.05, 0.1) is 0 Å². The van der Waals surface area contributed by atoms with Gasteiger partial charge in [0.15, 0.2) is 9.84 Å². The summed E-state index contributed by atoms with van der Waals surface area (Å²) in [5.41, 5.74) is 7.51. The number of nitrogens with two attached hydrogens (primary N) is 1. The van der Waals surface area contributed by atoms with Gasteiger partial charge in [-0.3, -0.25) is 0 Å². The van der Waals surface area contributed by atoms with E-state index in [0.29, 0.717) is 4.21 Å². The fourth-order valence-electron chi connectivity index (χ4n) is 1.79. The van der Waals surface area contributed by atoms with Crippen molar-refractivity contribution in [3.63, 3.8) is 0 Å². The third-order valence-corrected chi connectivity index (χ3v) is 6.37. The van der Waals surface area contributed by atoms with Gasteiger partial charge >= 0.3 is 0 Å². The highest BCUT2D eigenvalue weighted by molar-refractivity contribution is 7.93. The Balaban J connectivity index is 2.43. The van der Waals surface area contributed by atoms with E-state index in [4.69, 9.17) is 5.73 Å². The van der Waals surface area contributed by atoms with Crippen molar-refractivity contribution in [3.05, 3.63) is 52.9 Å². The van der Waals surface area contributed by atoms with Crippen LogP contribution in [-0.4, -0.2) is 15.0 Å². The van der Waals surface area contributed by atoms with Gasteiger partial charge in [0.25, 0.3) is 0 Å². The molecule has 1 atom stereocenters. The smallest absolute Gasteiger partial charge is 0.195 e. The van der Waals surface area contributed by atoms with Gasteiger partial charge in [-0.15, -0.1) is 11.3 Å². The molecule has 0 fully saturated rings. The lowest BCUT2D eigenvalue weighted by Crippen LogP contribution is -2.21. The summed E-state index contributed by atoms with van der Waals surface area (Å²) in [5.74, 6) is 0. The standard InChI is InChI=1S/C13H15NO2S2/c1-10-4-6-11(7-5-10)12(9-14)18(15,16)13-3-2-8-17-13/h2-8,12H,9,14H2,1H3/t12-/m1/s1. The van der Waals surface area contributed by atoms with Gasteiger partial charge in [0.2, 0.25) is 0 Å². The highest BCUT2D eigenvalue weighted by Crippen LogP contribution is 2.30. The SMILES string of the molecule is Cc1ccc([C@@H](CN)S(=O)(=O)c2cccs2)cc1. The fourth-order valence-corrected chi connectivity index (χ4v) is 4.61. The summed E-state index contributed by atoms with van der Waals surface area (Å²) in [4.78, 5) is 0. The van der Waals surface area contributed by atoms with Crippen LogP contribution >= 0.6 is 11.3 Å². The Bertz CT molecular complexity index is 601. The fraction of sp³-hybridized carbons (Fsp3) is 0.231. The van der Waals surface area contributed by atoms with Crippen molar-refractivity contribution in [2.45, 2.75) is 16.4 Å². The summed E-state index contributed by atoms with van der Waals surface area (Å²) in [6.07, 6.45) is 0. The molecule has 0 aliphatic rings. The molecule has 3 nitrogen and oxygen atoms in total. The molecule has 0 saturated heterocycles. The second-order valence-corrected chi connectivity index (χ2v) is 7.42. The molecular weight excluding hydrogens is 266 g/mol. The van der Waals surface area contributed by atoms with Crippen LogP contribution in [0.25, 0.3) is 0 Å². The van der Waals surface area contributed by atoms with Gasteiger partial charge in [-0.25, -0.2) is 8.42 Å². The molecule has 0 unspecified atom stereocenters. The molecule has 0 aliphatic heterocycles. The van der Waals surface area contributed by atoms with Crippen LogP contribution in [-0.2, 0) is 9.84 Å². The molecule has 1 heterocycles. The van der Waals surface area contributed by atoms with Gasteiger partial charge in [0.1, 0.15) is 9.46 Å². The second kappa shape index (κ2) is 5.22. The van der Waals surface area contributed by atoms with Crippen LogP contribution in [0.3, 0.4) is 0 Å². The first-order chi connectivity index (χ1) is 8.55. The number of sulfone groups is 1. The lowest BCUT2D eigenvalue weighted by atomic mass is 10.1. The molecule has 0 radical (unpaired) electrons. The summed E-state index contributed by atoms with van der Waals surface area (Å²) in [5, 5.41) is 1.09. The van der Waals surface area contributed by atoms with E-state index in [9.17, 15) is 8.42 Å². The minimum atomic E-state index is -3.38. The van der Waals surface area contributed by atoms with Crippen molar-refractivity contribution in [2.24, 2.45) is 5.73 Å². The molecule has 1 aromatic heterocycles. The van der Waals surface area contributed by atoms with E-state index in [1.165, 1.54) is 11.3 Å². The van der Waals surface area contributed by atoms with Gasteiger partial charge in [0, 0.05) is 6.54 Å². The molecule has 18 heavy (non-hydrogen) atoms. The van der Waals surface area contributed by atoms with Crippen molar-refractivity contribution in [1.82, 2.24) is 0 Å². The summed E-state index contributed by atoms with van der Waals surface area (Å²) < 4.78 is 25.3. The van der Waals surface area contributed by atoms with Gasteiger partial charge in [-0.1, -0.05) is 35.9 Å². The monoisotopic (exact) mass is 281 g/mol. The lowest BCUT2D eigenvalue weighted by molar-refractivity contribution is 0.584. The van der Waals surface area contributed by atoms with Crippen LogP contribution in [0.5, 0.6) is 0 Å². The Morgan fingerprint density at radius 2 is 1.89 bits per heavy atom. The van der Waals surface area contributed by atoms with Crippen molar-refractivity contribution in [2.75, 3.05) is 6.54 Å². The third-order valence-electron chi connectivity index (χ3n) is 2.81. The number of rotatable bonds is 4. The summed E-state index contributed by atoms with van der Waals surface area (Å²) in [6, 6.07) is 10.8. The van der Waals surface area contributed by atoms with E-state index >= 15 is 0 Å². The van der Waals surface area contributed by atoms with Crippen LogP contribution in [0.4, 0.5) is 0 Å². The zero-order valence-corrected chi connectivity index (χ0v) is 11.7. The molecule has 0 bridgehead atoms. The minimum absolute atomic E-state index is 0.0866. The minimum Gasteiger partial charge on any atom is -0.329 e. The third kappa shape index (κ3) is 2.48. The number of aryl methyl sites for hydroxylation is 1. The van der Waals surface area contributed by atoms with E-state index in [0.717, 1.165) is 11.1 Å². The highest BCUT2D eigenvalue weighted by Gasteiger charge is 2.28. The highest BCUT2D eigenvalue weighted by atomic mass is 32.2. The maximum absolute atomic E-state index is 12.4. The molecular formula is C13H15NO2S2. The van der Waals surface area contributed by atoms with Crippen molar-refractivity contribution in [3.8, 4) is 0 Å². The van der Waals surface area contributed by atoms with Gasteiger partial charge < -0.3 is 5.73 Å². The van der Waals surface area contributed by atoms with E-state index in [1.807, 2.05) is 31.2 Å². The predicted octanol–water partition coefficient (Wildman–Crippen LogP) is 2.53. The summed E-state index contributed by atoms with van der Waals surface area (Å²) >= 11 is 1.23. The maximum atomic E-state index is 12.4. The first-order valence-corrected chi connectivity index (χ1v) is 8.02. The summed E-state index contributed by atoms with van der Waals surface area (Å²) in [7, 11) is -3.38. The number of thiophene rings is 1. The van der Waals surface area contributed by atoms with Crippen LogP contribution in [0.15, 0.2) is 46.0 Å². The number of hydrogen-bond acceptors (Lipinski definition) is 4. The van der Waals surface area contributed by atoms with Gasteiger partial charge in [-0.2, -0.15) is 0 Å². The Morgan fingerprint density at radius 1 is 1.22 bits per heavy atom. The van der Waals surface area contributed by atoms with Crippen molar-refractivity contribution < 1.29 is 8.42 Å². The molecule has 1 aromatic carbocycles. The maximum Gasteiger partial charge on any atom is 0.195 e. The van der Waals surface area contributed by atoms with E-state index in [-0.39, 0.29) is 6.54 Å². The van der Waals surface area contributed by atoms with E-state index in [1.54, 1.807) is 17.5 Å². The van der Waals surface area contributed by atoms with E-state index < -0.39 is 15.1 Å². The average molecular weight is 281 g/mol. The molecule has 5 heteroatoms. The molecule has 2 aromatic rings. The number of benzene rings is 1. The second-order valence-electron chi connectivity index (χ2n) is 4.11. The van der Waals surface area contributed by atoms with Crippen LogP contribution < -0.4 is 5.73 Å². The Morgan fingerprint density at radius 3 is 2.39 bits per heavy atom. The van der Waals surface area contributed by atoms with Crippen molar-refractivity contribution >= 4 is 21.2 Å². The lowest BCUT2D eigenvalue weighted by Gasteiger charge is -2.15. The molecule has 0 amide bonds. The molecule has 0 spiro atoms. The molecule has 2 rings (SSSR count). The molecule has 2 N–H and O–H groups in total. The largest absolute Gasteiger partial charge is 0.329 e. The van der Waals surface area contributed by atoms with Gasteiger partial charge in [-0.05, 0) is 23.9 Å². The normalized spacial score (nSPS) is 13.4. The first kappa shape index (κ1) is 13.3. The van der Waals surface area contributed by atoms with Crippen molar-refractivity contribution in [1.29, 1.82) is 0 Å². The molecule has 96 valence electrons. The van der Waals surface area contributed by atoms with Crippen LogP contribution in [0.2, 0.25) is 0 Å². The first-order valence-electron chi connectivity index (χ1n) is 5.59. The Hall–Kier alpha value is -1.17. The van der Waals surface area contributed by atoms with E-state index in [2.05, 4.69) is 0 Å². The Kier molecular flexibility index (Phi) is 3.85. The predicted molar refractivity (Wildman–Crippen MR) is 74.5 cm³/mol. The number of hydrogen-bond donors (Lipinski definition) is 1. The average Bonchev–Trinajstić information content (AvgIpc) is 2.86. The van der Waals surface area contributed by atoms with Crippen LogP contribution in [0, 0.1) is 6.92 Å². The Labute approximate surface area is 111 Å². The molecule has 0 saturated carbocycles. The molecule has 0 aliphatic carbocycles. The summed E-state index contributed by atoms with van der Waals surface area (Å²) in [6.45, 7) is 2.05. The zero-order chi connectivity index (χ0) is 13.2. The quantitative estimate of drug-likeness (QED) is 0.936.